The van der Waals surface area contributed by atoms with Crippen LogP contribution in [0.1, 0.15) is 13.8 Å². The molecule has 0 saturated carbocycles. The topological polar surface area (TPSA) is 74.7 Å². The van der Waals surface area contributed by atoms with Crippen LogP contribution in [-0.4, -0.2) is 36.2 Å². The van der Waals surface area contributed by atoms with Gasteiger partial charge in [-0.1, -0.05) is 6.58 Å². The molecule has 0 aliphatic carbocycles. The van der Waals surface area contributed by atoms with E-state index in [0.717, 1.165) is 4.90 Å². The molecule has 0 aliphatic heterocycles. The van der Waals surface area contributed by atoms with Gasteiger partial charge in [-0.15, -0.1) is 0 Å². The van der Waals surface area contributed by atoms with Gasteiger partial charge in [0.05, 0.1) is 0 Å². The Hall–Kier alpha value is -0.880. The summed E-state index contributed by atoms with van der Waals surface area (Å²) in [6.45, 7) is 6.06. The monoisotopic (exact) mass is 207 g/mol. The lowest BCUT2D eigenvalue weighted by molar-refractivity contribution is -0.126. The van der Waals surface area contributed by atoms with E-state index in [1.165, 1.54) is 20.9 Å². The normalized spacial score (nSPS) is 13.5. The van der Waals surface area contributed by atoms with Gasteiger partial charge in [0.2, 0.25) is 5.91 Å². The molecule has 5 nitrogen and oxygen atoms in total. The predicted octanol–water partition coefficient (Wildman–Crippen LogP) is 0.255. The maximum Gasteiger partial charge on any atom is 0.286 e. The van der Waals surface area contributed by atoms with Gasteiger partial charge in [-0.25, -0.2) is 0 Å². The number of nitrogens with zero attached hydrogens (tertiary/aromatic N) is 1. The van der Waals surface area contributed by atoms with Crippen LogP contribution in [0.25, 0.3) is 0 Å². The number of carbonyl (C=O) groups is 1. The van der Waals surface area contributed by atoms with Crippen LogP contribution in [-0.2, 0) is 14.9 Å². The Morgan fingerprint density at radius 2 is 1.92 bits per heavy atom. The Kier molecular flexibility index (Phi) is 3.62. The summed E-state index contributed by atoms with van der Waals surface area (Å²) in [5.74, 6) is -0.509. The van der Waals surface area contributed by atoms with E-state index in [9.17, 15) is 13.2 Å². The third kappa shape index (κ3) is 3.16. The number of hydrogen-bond acceptors (Lipinski definition) is 3. The molecule has 1 amide bonds. The first kappa shape index (κ1) is 12.1. The molecule has 0 radical (unpaired) electrons. The van der Waals surface area contributed by atoms with Gasteiger partial charge in [-0.2, -0.15) is 8.42 Å². The molecular formula is C7H13NO4S. The second-order valence-corrected chi connectivity index (χ2v) is 4.52. The van der Waals surface area contributed by atoms with Crippen molar-refractivity contribution >= 4 is 16.0 Å². The smallest absolute Gasteiger partial charge is 0.286 e. The van der Waals surface area contributed by atoms with Crippen molar-refractivity contribution in [1.82, 2.24) is 4.90 Å². The van der Waals surface area contributed by atoms with E-state index in [2.05, 4.69) is 6.58 Å². The Labute approximate surface area is 77.8 Å². The molecule has 1 atom stereocenters. The minimum atomic E-state index is -4.22. The first-order valence-electron chi connectivity index (χ1n) is 3.57. The molecule has 0 aromatic carbocycles. The lowest BCUT2D eigenvalue weighted by Crippen LogP contribution is -2.40. The molecule has 13 heavy (non-hydrogen) atoms. The zero-order valence-corrected chi connectivity index (χ0v) is 8.63. The molecule has 0 fully saturated rings. The highest BCUT2D eigenvalue weighted by Crippen LogP contribution is 2.06. The van der Waals surface area contributed by atoms with Crippen molar-refractivity contribution in [2.24, 2.45) is 0 Å². The maximum atomic E-state index is 11.2. The Balaban J connectivity index is 4.73. The molecule has 0 aromatic rings. The highest BCUT2D eigenvalue weighted by Gasteiger charge is 2.25. The van der Waals surface area contributed by atoms with E-state index >= 15 is 0 Å². The van der Waals surface area contributed by atoms with Gasteiger partial charge in [0.1, 0.15) is 0 Å². The summed E-state index contributed by atoms with van der Waals surface area (Å²) < 4.78 is 29.9. The van der Waals surface area contributed by atoms with Gasteiger partial charge in [-0.3, -0.25) is 9.35 Å². The van der Waals surface area contributed by atoms with Gasteiger partial charge in [0, 0.05) is 12.6 Å². The number of carbonyl (C=O) groups excluding carboxylic acids is 1. The molecule has 76 valence electrons. The van der Waals surface area contributed by atoms with Crippen LogP contribution >= 0.6 is 0 Å². The van der Waals surface area contributed by atoms with E-state index < -0.39 is 21.4 Å². The summed E-state index contributed by atoms with van der Waals surface area (Å²) in [6.07, 6.45) is 0. The van der Waals surface area contributed by atoms with Crippen LogP contribution in [0, 0.1) is 0 Å². The number of hydrogen-bond donors (Lipinski definition) is 1. The van der Waals surface area contributed by atoms with Crippen LogP contribution in [0.3, 0.4) is 0 Å². The van der Waals surface area contributed by atoms with Crippen molar-refractivity contribution in [2.75, 3.05) is 7.05 Å². The van der Waals surface area contributed by atoms with Crippen LogP contribution in [0.15, 0.2) is 12.2 Å². The van der Waals surface area contributed by atoms with E-state index in [-0.39, 0.29) is 5.57 Å². The van der Waals surface area contributed by atoms with Gasteiger partial charge in [0.25, 0.3) is 10.1 Å². The van der Waals surface area contributed by atoms with E-state index in [1.807, 2.05) is 0 Å². The highest BCUT2D eigenvalue weighted by molar-refractivity contribution is 7.86. The zero-order chi connectivity index (χ0) is 10.8. The first-order chi connectivity index (χ1) is 5.68. The fourth-order valence-electron chi connectivity index (χ4n) is 0.666. The average Bonchev–Trinajstić information content (AvgIpc) is 1.98. The summed E-state index contributed by atoms with van der Waals surface area (Å²) >= 11 is 0. The fraction of sp³-hybridized carbons (Fsp3) is 0.571. The third-order valence-electron chi connectivity index (χ3n) is 1.66. The molecule has 6 heteroatoms. The first-order valence-corrected chi connectivity index (χ1v) is 5.07. The summed E-state index contributed by atoms with van der Waals surface area (Å²) in [4.78, 5) is 12.1. The molecule has 1 unspecified atom stereocenters. The van der Waals surface area contributed by atoms with Gasteiger partial charge in [-0.05, 0) is 13.8 Å². The molecule has 0 rings (SSSR count). The standard InChI is InChI=1S/C7H13NO4S/c1-5(2)7(9)8(4)6(3)13(10,11)12/h6H,1H2,2-4H3,(H,10,11,12). The van der Waals surface area contributed by atoms with Gasteiger partial charge >= 0.3 is 0 Å². The molecular weight excluding hydrogens is 194 g/mol. The minimum absolute atomic E-state index is 0.220. The van der Waals surface area contributed by atoms with E-state index in [1.54, 1.807) is 0 Å². The molecule has 1 N–H and O–H groups in total. The summed E-state index contributed by atoms with van der Waals surface area (Å²) in [6, 6.07) is 0. The quantitative estimate of drug-likeness (QED) is 0.532. The number of amides is 1. The average molecular weight is 207 g/mol. The molecule has 0 aromatic heterocycles. The van der Waals surface area contributed by atoms with Crippen molar-refractivity contribution in [3.05, 3.63) is 12.2 Å². The van der Waals surface area contributed by atoms with Crippen LogP contribution in [0.2, 0.25) is 0 Å². The van der Waals surface area contributed by atoms with E-state index in [0.29, 0.717) is 0 Å². The molecule has 0 heterocycles. The number of rotatable bonds is 3. The van der Waals surface area contributed by atoms with Crippen molar-refractivity contribution < 1.29 is 17.8 Å². The maximum absolute atomic E-state index is 11.2. The molecule has 0 saturated heterocycles. The lowest BCUT2D eigenvalue weighted by Gasteiger charge is -2.22. The second-order valence-electron chi connectivity index (χ2n) is 2.81. The zero-order valence-electron chi connectivity index (χ0n) is 7.81. The molecule has 0 bridgehead atoms. The summed E-state index contributed by atoms with van der Waals surface area (Å²) in [7, 11) is -2.93. The van der Waals surface area contributed by atoms with Crippen molar-refractivity contribution in [3.8, 4) is 0 Å². The van der Waals surface area contributed by atoms with Gasteiger partial charge in [0.15, 0.2) is 5.37 Å². The second kappa shape index (κ2) is 3.89. The Morgan fingerprint density at radius 1 is 1.54 bits per heavy atom. The van der Waals surface area contributed by atoms with Crippen LogP contribution < -0.4 is 0 Å². The predicted molar refractivity (Wildman–Crippen MR) is 48.6 cm³/mol. The van der Waals surface area contributed by atoms with Crippen LogP contribution in [0.5, 0.6) is 0 Å². The Bertz CT molecular complexity index is 319. The van der Waals surface area contributed by atoms with Crippen molar-refractivity contribution in [3.63, 3.8) is 0 Å². The van der Waals surface area contributed by atoms with Gasteiger partial charge < -0.3 is 4.90 Å². The highest BCUT2D eigenvalue weighted by atomic mass is 32.2. The van der Waals surface area contributed by atoms with Crippen LogP contribution in [0.4, 0.5) is 0 Å². The fourth-order valence-corrected chi connectivity index (χ4v) is 1.16. The minimum Gasteiger partial charge on any atom is -0.323 e. The van der Waals surface area contributed by atoms with Crippen molar-refractivity contribution in [1.29, 1.82) is 0 Å². The van der Waals surface area contributed by atoms with E-state index in [4.69, 9.17) is 4.55 Å². The molecule has 0 aliphatic rings. The molecule has 0 spiro atoms. The Morgan fingerprint density at radius 3 is 2.15 bits per heavy atom. The largest absolute Gasteiger partial charge is 0.323 e. The summed E-state index contributed by atoms with van der Waals surface area (Å²) in [5.41, 5.74) is 0.220. The number of likely N-dealkylation sites (N-methyl/N-ethyl adjacent to an activating group) is 1. The van der Waals surface area contributed by atoms with Crippen molar-refractivity contribution in [2.45, 2.75) is 19.2 Å². The summed E-state index contributed by atoms with van der Waals surface area (Å²) in [5, 5.41) is -1.25. The lowest BCUT2D eigenvalue weighted by atomic mass is 10.3. The SMILES string of the molecule is C=C(C)C(=O)N(C)C(C)S(=O)(=O)O. The third-order valence-corrected chi connectivity index (χ3v) is 2.84.